The number of fused-ring (bicyclic) bond motifs is 1. The summed E-state index contributed by atoms with van der Waals surface area (Å²) in [5, 5.41) is 30.9. The van der Waals surface area contributed by atoms with E-state index in [0.29, 0.717) is 30.0 Å². The van der Waals surface area contributed by atoms with Crippen LogP contribution in [0.1, 0.15) is 42.0 Å². The second kappa shape index (κ2) is 11.7. The van der Waals surface area contributed by atoms with Gasteiger partial charge in [0.15, 0.2) is 0 Å². The maximum atomic E-state index is 11.3. The highest BCUT2D eigenvalue weighted by Crippen LogP contribution is 2.54. The normalized spacial score (nSPS) is 18.9. The Labute approximate surface area is 218 Å². The zero-order chi connectivity index (χ0) is 26.4. The molecule has 2 heterocycles. The van der Waals surface area contributed by atoms with Gasteiger partial charge in [-0.15, -0.1) is 0 Å². The lowest BCUT2D eigenvalue weighted by atomic mass is 9.67. The summed E-state index contributed by atoms with van der Waals surface area (Å²) in [7, 11) is 1.62. The number of benzene rings is 2. The molecule has 0 aliphatic carbocycles. The summed E-state index contributed by atoms with van der Waals surface area (Å²) >= 11 is 0. The molecule has 0 radical (unpaired) electrons. The fraction of sp³-hybridized carbons (Fsp3) is 0.400. The van der Waals surface area contributed by atoms with E-state index in [0.717, 1.165) is 29.8 Å². The minimum Gasteiger partial charge on any atom is -0.495 e. The van der Waals surface area contributed by atoms with Gasteiger partial charge in [-0.25, -0.2) is 0 Å². The van der Waals surface area contributed by atoms with Gasteiger partial charge in [-0.05, 0) is 36.3 Å². The van der Waals surface area contributed by atoms with E-state index < -0.39 is 11.7 Å². The zero-order valence-corrected chi connectivity index (χ0v) is 21.7. The fourth-order valence-corrected chi connectivity index (χ4v) is 5.61. The minimum absolute atomic E-state index is 0.346. The second-order valence-corrected chi connectivity index (χ2v) is 9.46. The molecule has 7 nitrogen and oxygen atoms in total. The van der Waals surface area contributed by atoms with Gasteiger partial charge in [0.25, 0.3) is 0 Å². The molecule has 2 aromatic carbocycles. The number of hydrogen-bond acceptors (Lipinski definition) is 7. The minimum atomic E-state index is -0.978. The molecule has 4 rings (SSSR count). The molecule has 2 unspecified atom stereocenters. The Bertz CT molecular complexity index is 1210. The van der Waals surface area contributed by atoms with Crippen molar-refractivity contribution in [3.63, 3.8) is 0 Å². The third-order valence-electron chi connectivity index (χ3n) is 7.57. The highest BCUT2D eigenvalue weighted by molar-refractivity contribution is 5.51. The Balaban J connectivity index is 1.97. The predicted octanol–water partition coefficient (Wildman–Crippen LogP) is 3.89. The molecule has 0 saturated carbocycles. The first-order valence-electron chi connectivity index (χ1n) is 12.8. The van der Waals surface area contributed by atoms with Crippen LogP contribution in [0.3, 0.4) is 0 Å². The molecule has 1 aliphatic rings. The molecule has 0 amide bonds. The molecule has 0 spiro atoms. The number of aromatic nitrogens is 1. The Morgan fingerprint density at radius 1 is 1.11 bits per heavy atom. The summed E-state index contributed by atoms with van der Waals surface area (Å²) in [6.07, 6.45) is 2.89. The van der Waals surface area contributed by atoms with Crippen LogP contribution in [0.25, 0.3) is 0 Å². The van der Waals surface area contributed by atoms with Crippen LogP contribution >= 0.6 is 0 Å². The van der Waals surface area contributed by atoms with E-state index in [4.69, 9.17) is 9.47 Å². The van der Waals surface area contributed by atoms with Gasteiger partial charge in [0.05, 0.1) is 43.8 Å². The number of pyridine rings is 1. The molecule has 3 aromatic rings. The van der Waals surface area contributed by atoms with Crippen molar-refractivity contribution in [2.45, 2.75) is 37.9 Å². The van der Waals surface area contributed by atoms with Crippen LogP contribution in [0.4, 0.5) is 0 Å². The summed E-state index contributed by atoms with van der Waals surface area (Å²) in [5.41, 5.74) is 2.40. The van der Waals surface area contributed by atoms with Gasteiger partial charge in [-0.2, -0.15) is 5.26 Å². The maximum absolute atomic E-state index is 11.3. The molecule has 1 aliphatic heterocycles. The second-order valence-electron chi connectivity index (χ2n) is 9.46. The summed E-state index contributed by atoms with van der Waals surface area (Å²) in [6, 6.07) is 19.7. The first kappa shape index (κ1) is 26.6. The van der Waals surface area contributed by atoms with Crippen LogP contribution < -0.4 is 9.47 Å². The predicted molar refractivity (Wildman–Crippen MR) is 142 cm³/mol. The molecule has 2 N–H and O–H groups in total. The quantitative estimate of drug-likeness (QED) is 0.411. The lowest BCUT2D eigenvalue weighted by Crippen LogP contribution is -2.49. The molecule has 194 valence electrons. The van der Waals surface area contributed by atoms with Crippen molar-refractivity contribution < 1.29 is 19.7 Å². The number of nitriles is 1. The highest BCUT2D eigenvalue weighted by atomic mass is 16.5. The van der Waals surface area contributed by atoms with Gasteiger partial charge in [-0.3, -0.25) is 4.98 Å². The lowest BCUT2D eigenvalue weighted by molar-refractivity contribution is -0.0356. The molecule has 0 bridgehead atoms. The van der Waals surface area contributed by atoms with Crippen molar-refractivity contribution in [2.24, 2.45) is 5.92 Å². The van der Waals surface area contributed by atoms with E-state index >= 15 is 0 Å². The third-order valence-corrected chi connectivity index (χ3v) is 7.57. The summed E-state index contributed by atoms with van der Waals surface area (Å²) < 4.78 is 12.6. The Morgan fingerprint density at radius 2 is 1.81 bits per heavy atom. The smallest absolute Gasteiger partial charge is 0.146 e. The largest absolute Gasteiger partial charge is 0.495 e. The lowest BCUT2D eigenvalue weighted by Gasteiger charge is -2.44. The third kappa shape index (κ3) is 5.19. The summed E-state index contributed by atoms with van der Waals surface area (Å²) in [5.74, 6) is 0.560. The van der Waals surface area contributed by atoms with Crippen LogP contribution in [0.2, 0.25) is 0 Å². The van der Waals surface area contributed by atoms with E-state index in [1.165, 1.54) is 0 Å². The van der Waals surface area contributed by atoms with Crippen molar-refractivity contribution in [3.8, 4) is 17.6 Å². The Kier molecular flexibility index (Phi) is 8.45. The summed E-state index contributed by atoms with van der Waals surface area (Å²) in [6.45, 7) is 6.03. The molecule has 7 heteroatoms. The molecular formula is C30H35N3O4. The van der Waals surface area contributed by atoms with Crippen molar-refractivity contribution in [3.05, 3.63) is 89.2 Å². The van der Waals surface area contributed by atoms with Crippen molar-refractivity contribution >= 4 is 0 Å². The number of hydrogen-bond donors (Lipinski definition) is 2. The average Bonchev–Trinajstić information content (AvgIpc) is 3.35. The standard InChI is InChI=1S/C30H35N3O4/c1-4-33(5-2)19-25(26(35)20-34)29(22-9-7-6-8-10-22)30(23-13-11-21(16-31)12-14-23)15-24-27(36-3)17-32-18-28(24)37-30/h6-14,17-18,25-26,29,34-35H,4-5,15,19-20H2,1-3H3/t25?,26-,29?,30+/m0/s1. The zero-order valence-electron chi connectivity index (χ0n) is 21.7. The van der Waals surface area contributed by atoms with Crippen LogP contribution in [-0.2, 0) is 12.0 Å². The van der Waals surface area contributed by atoms with E-state index in [1.54, 1.807) is 31.6 Å². The Morgan fingerprint density at radius 3 is 2.41 bits per heavy atom. The number of aliphatic hydroxyl groups is 2. The van der Waals surface area contributed by atoms with Gasteiger partial charge < -0.3 is 24.6 Å². The van der Waals surface area contributed by atoms with E-state index in [9.17, 15) is 15.5 Å². The number of rotatable bonds is 11. The molecule has 0 saturated heterocycles. The fourth-order valence-electron chi connectivity index (χ4n) is 5.61. The molecule has 37 heavy (non-hydrogen) atoms. The maximum Gasteiger partial charge on any atom is 0.146 e. The topological polar surface area (TPSA) is 98.8 Å². The highest BCUT2D eigenvalue weighted by Gasteiger charge is 2.53. The van der Waals surface area contributed by atoms with E-state index in [1.807, 2.05) is 30.3 Å². The van der Waals surface area contributed by atoms with Crippen LogP contribution in [-0.4, -0.2) is 59.6 Å². The number of nitrogens with zero attached hydrogens (tertiary/aromatic N) is 3. The molecule has 4 atom stereocenters. The number of methoxy groups -OCH3 is 1. The van der Waals surface area contributed by atoms with Gasteiger partial charge in [-0.1, -0.05) is 56.3 Å². The Hall–Kier alpha value is -3.44. The first-order valence-corrected chi connectivity index (χ1v) is 12.8. The molecular weight excluding hydrogens is 466 g/mol. The van der Waals surface area contributed by atoms with Crippen LogP contribution in [0.5, 0.6) is 11.5 Å². The van der Waals surface area contributed by atoms with Gasteiger partial charge in [0, 0.05) is 30.4 Å². The summed E-state index contributed by atoms with van der Waals surface area (Å²) in [4.78, 5) is 6.59. The number of ether oxygens (including phenoxy) is 2. The van der Waals surface area contributed by atoms with E-state index in [2.05, 4.69) is 41.9 Å². The van der Waals surface area contributed by atoms with Crippen LogP contribution in [0.15, 0.2) is 67.0 Å². The van der Waals surface area contributed by atoms with Crippen LogP contribution in [0, 0.1) is 17.2 Å². The van der Waals surface area contributed by atoms with Gasteiger partial charge >= 0.3 is 0 Å². The van der Waals surface area contributed by atoms with Crippen molar-refractivity contribution in [2.75, 3.05) is 33.4 Å². The average molecular weight is 502 g/mol. The first-order chi connectivity index (χ1) is 18.0. The van der Waals surface area contributed by atoms with E-state index in [-0.39, 0.29) is 18.4 Å². The van der Waals surface area contributed by atoms with Crippen molar-refractivity contribution in [1.29, 1.82) is 5.26 Å². The molecule has 1 aromatic heterocycles. The number of aliphatic hydroxyl groups excluding tert-OH is 2. The van der Waals surface area contributed by atoms with Gasteiger partial charge in [0.1, 0.15) is 17.1 Å². The molecule has 0 fully saturated rings. The monoisotopic (exact) mass is 501 g/mol. The SMILES string of the molecule is CCN(CC)CC(C(c1ccccc1)[C@]1(c2ccc(C#N)cc2)Cc2c(OC)cncc2O1)[C@@H](O)CO. The van der Waals surface area contributed by atoms with Crippen molar-refractivity contribution in [1.82, 2.24) is 9.88 Å². The van der Waals surface area contributed by atoms with Gasteiger partial charge in [0.2, 0.25) is 0 Å².